The minimum Gasteiger partial charge on any atom is -0.292 e. The van der Waals surface area contributed by atoms with Gasteiger partial charge in [0.05, 0.1) is 4.88 Å². The lowest BCUT2D eigenvalue weighted by Crippen LogP contribution is -1.87. The van der Waals surface area contributed by atoms with Gasteiger partial charge in [-0.15, -0.1) is 11.3 Å². The Hall–Kier alpha value is -1.48. The van der Waals surface area contributed by atoms with Gasteiger partial charge in [-0.3, -0.25) is 4.79 Å². The molecule has 0 N–H and O–H groups in total. The second kappa shape index (κ2) is 3.95. The van der Waals surface area contributed by atoms with E-state index in [0.717, 1.165) is 10.4 Å². The van der Waals surface area contributed by atoms with Crippen molar-refractivity contribution in [2.24, 2.45) is 0 Å². The van der Waals surface area contributed by atoms with Crippen molar-refractivity contribution in [3.8, 4) is 10.4 Å². The molecule has 0 spiro atoms. The van der Waals surface area contributed by atoms with Gasteiger partial charge in [-0.1, -0.05) is 29.8 Å². The first-order valence-electron chi connectivity index (χ1n) is 4.70. The van der Waals surface area contributed by atoms with Gasteiger partial charge in [-0.2, -0.15) is 0 Å². The van der Waals surface area contributed by atoms with Crippen molar-refractivity contribution in [3.05, 3.63) is 41.0 Å². The standard InChI is InChI=1S/C12H11NOS/c1-8-3-5-10(6-4-8)11-7-13-12(15-11)9(2)14/h3-7H,1-2H3. The average molecular weight is 217 g/mol. The zero-order chi connectivity index (χ0) is 10.8. The number of carbonyl (C=O) groups excluding carboxylic acids is 1. The van der Waals surface area contributed by atoms with E-state index in [4.69, 9.17) is 0 Å². The van der Waals surface area contributed by atoms with E-state index in [0.29, 0.717) is 5.01 Å². The van der Waals surface area contributed by atoms with Crippen molar-refractivity contribution in [2.45, 2.75) is 13.8 Å². The largest absolute Gasteiger partial charge is 0.292 e. The summed E-state index contributed by atoms with van der Waals surface area (Å²) < 4.78 is 0. The molecule has 15 heavy (non-hydrogen) atoms. The maximum Gasteiger partial charge on any atom is 0.188 e. The lowest BCUT2D eigenvalue weighted by atomic mass is 10.1. The molecule has 2 nitrogen and oxygen atoms in total. The number of carbonyl (C=O) groups is 1. The van der Waals surface area contributed by atoms with Crippen LogP contribution in [-0.2, 0) is 0 Å². The van der Waals surface area contributed by atoms with Crippen molar-refractivity contribution in [3.63, 3.8) is 0 Å². The Morgan fingerprint density at radius 2 is 1.93 bits per heavy atom. The Balaban J connectivity index is 2.37. The smallest absolute Gasteiger partial charge is 0.188 e. The highest BCUT2D eigenvalue weighted by atomic mass is 32.1. The first kappa shape index (κ1) is 10.1. The zero-order valence-electron chi connectivity index (χ0n) is 8.65. The average Bonchev–Trinajstić information content (AvgIpc) is 2.68. The summed E-state index contributed by atoms with van der Waals surface area (Å²) in [6.45, 7) is 3.59. The quantitative estimate of drug-likeness (QED) is 0.722. The third-order valence-corrected chi connectivity index (χ3v) is 3.29. The van der Waals surface area contributed by atoms with Crippen LogP contribution in [0.2, 0.25) is 0 Å². The number of ketones is 1. The molecule has 1 heterocycles. The summed E-state index contributed by atoms with van der Waals surface area (Å²) in [5.41, 5.74) is 2.35. The first-order chi connectivity index (χ1) is 7.16. The second-order valence-corrected chi connectivity index (χ2v) is 4.48. The normalized spacial score (nSPS) is 10.3. The molecule has 0 aliphatic heterocycles. The summed E-state index contributed by atoms with van der Waals surface area (Å²) in [6, 6.07) is 8.21. The van der Waals surface area contributed by atoms with E-state index in [1.165, 1.54) is 23.8 Å². The van der Waals surface area contributed by atoms with Gasteiger partial charge in [-0.05, 0) is 12.5 Å². The van der Waals surface area contributed by atoms with Gasteiger partial charge in [0.25, 0.3) is 0 Å². The highest BCUT2D eigenvalue weighted by molar-refractivity contribution is 7.16. The van der Waals surface area contributed by atoms with Crippen molar-refractivity contribution >= 4 is 17.1 Å². The molecule has 0 aliphatic carbocycles. The van der Waals surface area contributed by atoms with E-state index in [1.807, 2.05) is 12.1 Å². The molecule has 1 aromatic carbocycles. The van der Waals surface area contributed by atoms with Gasteiger partial charge in [-0.25, -0.2) is 4.98 Å². The maximum atomic E-state index is 11.1. The second-order valence-electron chi connectivity index (χ2n) is 3.45. The van der Waals surface area contributed by atoms with Gasteiger partial charge in [0.1, 0.15) is 0 Å². The molecule has 2 rings (SSSR count). The molecule has 0 unspecified atom stereocenters. The van der Waals surface area contributed by atoms with Crippen LogP contribution in [0.15, 0.2) is 30.5 Å². The monoisotopic (exact) mass is 217 g/mol. The van der Waals surface area contributed by atoms with E-state index in [2.05, 4.69) is 24.0 Å². The number of benzene rings is 1. The highest BCUT2D eigenvalue weighted by Gasteiger charge is 2.07. The van der Waals surface area contributed by atoms with E-state index < -0.39 is 0 Å². The molecule has 3 heteroatoms. The number of hydrogen-bond acceptors (Lipinski definition) is 3. The van der Waals surface area contributed by atoms with Crippen LogP contribution >= 0.6 is 11.3 Å². The molecular weight excluding hydrogens is 206 g/mol. The van der Waals surface area contributed by atoms with Gasteiger partial charge in [0.15, 0.2) is 10.8 Å². The zero-order valence-corrected chi connectivity index (χ0v) is 9.47. The van der Waals surface area contributed by atoms with E-state index in [-0.39, 0.29) is 5.78 Å². The molecule has 0 bridgehead atoms. The lowest BCUT2D eigenvalue weighted by Gasteiger charge is -1.96. The molecular formula is C12H11NOS. The van der Waals surface area contributed by atoms with Crippen molar-refractivity contribution in [1.82, 2.24) is 4.98 Å². The number of hydrogen-bond donors (Lipinski definition) is 0. The molecule has 0 saturated heterocycles. The lowest BCUT2D eigenvalue weighted by molar-refractivity contribution is 0.101. The van der Waals surface area contributed by atoms with Crippen LogP contribution in [0.3, 0.4) is 0 Å². The van der Waals surface area contributed by atoms with E-state index in [9.17, 15) is 4.79 Å². The molecule has 0 aliphatic rings. The topological polar surface area (TPSA) is 30.0 Å². The predicted octanol–water partition coefficient (Wildman–Crippen LogP) is 3.32. The molecule has 0 radical (unpaired) electrons. The first-order valence-corrected chi connectivity index (χ1v) is 5.52. The number of Topliss-reactive ketones (excluding diaryl/α,β-unsaturated/α-hetero) is 1. The number of aryl methyl sites for hydroxylation is 1. The number of rotatable bonds is 2. The van der Waals surface area contributed by atoms with Gasteiger partial charge in [0, 0.05) is 13.1 Å². The Morgan fingerprint density at radius 3 is 2.47 bits per heavy atom. The third-order valence-electron chi connectivity index (χ3n) is 2.14. The van der Waals surface area contributed by atoms with Crippen molar-refractivity contribution in [2.75, 3.05) is 0 Å². The fourth-order valence-electron chi connectivity index (χ4n) is 1.29. The van der Waals surface area contributed by atoms with Crippen LogP contribution in [-0.4, -0.2) is 10.8 Å². The molecule has 2 aromatic rings. The van der Waals surface area contributed by atoms with Crippen LogP contribution < -0.4 is 0 Å². The van der Waals surface area contributed by atoms with Crippen LogP contribution in [0.25, 0.3) is 10.4 Å². The molecule has 1 aromatic heterocycles. The molecule has 0 saturated carbocycles. The predicted molar refractivity (Wildman–Crippen MR) is 62.3 cm³/mol. The summed E-state index contributed by atoms with van der Waals surface area (Å²) in [7, 11) is 0. The van der Waals surface area contributed by atoms with E-state index in [1.54, 1.807) is 6.20 Å². The number of aromatic nitrogens is 1. The molecule has 76 valence electrons. The maximum absolute atomic E-state index is 11.1. The Kier molecular flexibility index (Phi) is 2.64. The van der Waals surface area contributed by atoms with Gasteiger partial charge in [0.2, 0.25) is 0 Å². The third kappa shape index (κ3) is 2.13. The fraction of sp³-hybridized carbons (Fsp3) is 0.167. The van der Waals surface area contributed by atoms with Crippen molar-refractivity contribution in [1.29, 1.82) is 0 Å². The Bertz CT molecular complexity index is 485. The van der Waals surface area contributed by atoms with Crippen LogP contribution in [0.4, 0.5) is 0 Å². The fourth-order valence-corrected chi connectivity index (χ4v) is 2.10. The summed E-state index contributed by atoms with van der Waals surface area (Å²) in [5, 5.41) is 0.575. The van der Waals surface area contributed by atoms with Crippen LogP contribution in [0, 0.1) is 6.92 Å². The Labute approximate surface area is 92.6 Å². The molecule has 0 atom stereocenters. The number of thiazole rings is 1. The van der Waals surface area contributed by atoms with E-state index >= 15 is 0 Å². The van der Waals surface area contributed by atoms with Crippen LogP contribution in [0.1, 0.15) is 22.3 Å². The summed E-state index contributed by atoms with van der Waals surface area (Å²) in [4.78, 5) is 16.2. The van der Waals surface area contributed by atoms with Gasteiger partial charge >= 0.3 is 0 Å². The minimum absolute atomic E-state index is 0.0263. The van der Waals surface area contributed by atoms with Gasteiger partial charge < -0.3 is 0 Å². The summed E-state index contributed by atoms with van der Waals surface area (Å²) >= 11 is 1.44. The minimum atomic E-state index is 0.0263. The SMILES string of the molecule is CC(=O)c1ncc(-c2ccc(C)cc2)s1. The molecule has 0 fully saturated rings. The molecule has 0 amide bonds. The highest BCUT2D eigenvalue weighted by Crippen LogP contribution is 2.26. The number of nitrogens with zero attached hydrogens (tertiary/aromatic N) is 1. The Morgan fingerprint density at radius 1 is 1.27 bits per heavy atom. The summed E-state index contributed by atoms with van der Waals surface area (Å²) in [5.74, 6) is 0.0263. The summed E-state index contributed by atoms with van der Waals surface area (Å²) in [6.07, 6.45) is 1.76. The van der Waals surface area contributed by atoms with Crippen molar-refractivity contribution < 1.29 is 4.79 Å². The van der Waals surface area contributed by atoms with Crippen LogP contribution in [0.5, 0.6) is 0 Å².